The van der Waals surface area contributed by atoms with E-state index in [1.807, 2.05) is 24.3 Å². The minimum absolute atomic E-state index is 0.193. The number of hydrogen-bond donors (Lipinski definition) is 2. The highest BCUT2D eigenvalue weighted by atomic mass is 16.3. The third kappa shape index (κ3) is 1.99. The standard InChI is InChI=1S/C14H12N2O3/c17-12-7-10(8-13(18)15-12)14(19)16-6-5-9-3-1-2-4-11(9)16/h1-4,7-8H,5-6H2,(H2,15,17,18). The number of aromatic hydroxyl groups is 1. The molecule has 2 heterocycles. The Balaban J connectivity index is 2.00. The molecule has 5 heteroatoms. The first-order chi connectivity index (χ1) is 9.15. The predicted molar refractivity (Wildman–Crippen MR) is 70.6 cm³/mol. The summed E-state index contributed by atoms with van der Waals surface area (Å²) < 4.78 is 0. The first kappa shape index (κ1) is 11.5. The maximum Gasteiger partial charge on any atom is 0.258 e. The Labute approximate surface area is 109 Å². The van der Waals surface area contributed by atoms with E-state index in [2.05, 4.69) is 4.98 Å². The zero-order valence-corrected chi connectivity index (χ0v) is 10.1. The summed E-state index contributed by atoms with van der Waals surface area (Å²) in [5, 5.41) is 9.35. The highest BCUT2D eigenvalue weighted by Crippen LogP contribution is 2.28. The number of pyridine rings is 1. The van der Waals surface area contributed by atoms with Crippen molar-refractivity contribution in [1.82, 2.24) is 4.98 Å². The lowest BCUT2D eigenvalue weighted by Crippen LogP contribution is -2.29. The lowest BCUT2D eigenvalue weighted by molar-refractivity contribution is 0.0988. The minimum atomic E-state index is -0.490. The van der Waals surface area contributed by atoms with Crippen molar-refractivity contribution in [3.05, 3.63) is 57.9 Å². The van der Waals surface area contributed by atoms with Crippen molar-refractivity contribution in [2.45, 2.75) is 6.42 Å². The van der Waals surface area contributed by atoms with Crippen molar-refractivity contribution in [3.63, 3.8) is 0 Å². The lowest BCUT2D eigenvalue weighted by atomic mass is 10.2. The lowest BCUT2D eigenvalue weighted by Gasteiger charge is -2.17. The molecule has 19 heavy (non-hydrogen) atoms. The second-order valence-electron chi connectivity index (χ2n) is 4.45. The number of hydrogen-bond acceptors (Lipinski definition) is 3. The van der Waals surface area contributed by atoms with Crippen molar-refractivity contribution in [2.75, 3.05) is 11.4 Å². The minimum Gasteiger partial charge on any atom is -0.494 e. The van der Waals surface area contributed by atoms with Crippen molar-refractivity contribution >= 4 is 11.6 Å². The maximum atomic E-state index is 12.4. The summed E-state index contributed by atoms with van der Waals surface area (Å²) in [4.78, 5) is 27.5. The van der Waals surface area contributed by atoms with Gasteiger partial charge in [0.05, 0.1) is 5.56 Å². The molecule has 1 aliphatic rings. The van der Waals surface area contributed by atoms with Crippen LogP contribution in [0.3, 0.4) is 0 Å². The molecule has 0 atom stereocenters. The van der Waals surface area contributed by atoms with Crippen molar-refractivity contribution in [3.8, 4) is 5.88 Å². The van der Waals surface area contributed by atoms with Crippen LogP contribution in [0.15, 0.2) is 41.2 Å². The Morgan fingerprint density at radius 2 is 2.05 bits per heavy atom. The van der Waals surface area contributed by atoms with Crippen molar-refractivity contribution in [1.29, 1.82) is 0 Å². The molecular formula is C14H12N2O3. The summed E-state index contributed by atoms with van der Waals surface area (Å²) in [6, 6.07) is 10.1. The third-order valence-corrected chi connectivity index (χ3v) is 3.21. The largest absolute Gasteiger partial charge is 0.494 e. The Bertz CT molecular complexity index is 706. The van der Waals surface area contributed by atoms with Crippen LogP contribution in [0.25, 0.3) is 0 Å². The molecule has 2 N–H and O–H groups in total. The molecule has 0 bridgehead atoms. The van der Waals surface area contributed by atoms with Crippen LogP contribution in [-0.4, -0.2) is 22.5 Å². The summed E-state index contributed by atoms with van der Waals surface area (Å²) in [5.74, 6) is -0.574. The zero-order chi connectivity index (χ0) is 13.4. The predicted octanol–water partition coefficient (Wildman–Crippen LogP) is 1.28. The number of aromatic amines is 1. The monoisotopic (exact) mass is 256 g/mol. The van der Waals surface area contributed by atoms with E-state index in [4.69, 9.17) is 0 Å². The smallest absolute Gasteiger partial charge is 0.258 e. The molecule has 0 saturated carbocycles. The van der Waals surface area contributed by atoms with Gasteiger partial charge < -0.3 is 10.0 Å². The number of rotatable bonds is 1. The number of nitrogens with one attached hydrogen (secondary N) is 1. The molecule has 0 fully saturated rings. The van der Waals surface area contributed by atoms with Gasteiger partial charge >= 0.3 is 0 Å². The summed E-state index contributed by atoms with van der Waals surface area (Å²) in [7, 11) is 0. The van der Waals surface area contributed by atoms with Gasteiger partial charge in [-0.3, -0.25) is 14.6 Å². The van der Waals surface area contributed by atoms with Crippen molar-refractivity contribution < 1.29 is 9.90 Å². The average Bonchev–Trinajstić information content (AvgIpc) is 2.80. The number of amides is 1. The summed E-state index contributed by atoms with van der Waals surface area (Å²) >= 11 is 0. The molecule has 0 unspecified atom stereocenters. The van der Waals surface area contributed by atoms with Gasteiger partial charge in [0.1, 0.15) is 0 Å². The number of para-hydroxylation sites is 1. The van der Waals surface area contributed by atoms with Gasteiger partial charge in [-0.05, 0) is 18.1 Å². The first-order valence-corrected chi connectivity index (χ1v) is 5.98. The number of benzene rings is 1. The van der Waals surface area contributed by atoms with Gasteiger partial charge in [0, 0.05) is 24.4 Å². The Kier molecular flexibility index (Phi) is 2.59. The van der Waals surface area contributed by atoms with Crippen LogP contribution in [0.1, 0.15) is 15.9 Å². The van der Waals surface area contributed by atoms with Crippen molar-refractivity contribution in [2.24, 2.45) is 0 Å². The van der Waals surface area contributed by atoms with Gasteiger partial charge in [-0.15, -0.1) is 0 Å². The van der Waals surface area contributed by atoms with E-state index in [0.29, 0.717) is 6.54 Å². The van der Waals surface area contributed by atoms with Gasteiger partial charge in [-0.1, -0.05) is 18.2 Å². The number of fused-ring (bicyclic) bond motifs is 1. The molecule has 0 aliphatic carbocycles. The molecular weight excluding hydrogens is 244 g/mol. The van der Waals surface area contributed by atoms with Crippen LogP contribution in [0.4, 0.5) is 5.69 Å². The second-order valence-corrected chi connectivity index (χ2v) is 4.45. The Hall–Kier alpha value is -2.56. The first-order valence-electron chi connectivity index (χ1n) is 5.98. The second kappa shape index (κ2) is 4.28. The number of anilines is 1. The summed E-state index contributed by atoms with van der Waals surface area (Å²) in [6.07, 6.45) is 0.803. The van der Waals surface area contributed by atoms with Crippen LogP contribution in [0.5, 0.6) is 5.88 Å². The molecule has 1 amide bonds. The van der Waals surface area contributed by atoms with E-state index < -0.39 is 5.56 Å². The third-order valence-electron chi connectivity index (χ3n) is 3.21. The highest BCUT2D eigenvalue weighted by molar-refractivity contribution is 6.07. The quantitative estimate of drug-likeness (QED) is 0.807. The molecule has 0 spiro atoms. The molecule has 2 aromatic rings. The molecule has 3 rings (SSSR count). The number of aromatic nitrogens is 1. The van der Waals surface area contributed by atoms with Crippen LogP contribution in [-0.2, 0) is 6.42 Å². The fraction of sp³-hybridized carbons (Fsp3) is 0.143. The van der Waals surface area contributed by atoms with Crippen LogP contribution < -0.4 is 10.5 Å². The Morgan fingerprint density at radius 1 is 1.26 bits per heavy atom. The number of carbonyl (C=O) groups excluding carboxylic acids is 1. The van der Waals surface area contributed by atoms with Gasteiger partial charge in [-0.25, -0.2) is 0 Å². The van der Waals surface area contributed by atoms with E-state index in [9.17, 15) is 14.7 Å². The summed E-state index contributed by atoms with van der Waals surface area (Å²) in [5.41, 5.74) is 1.69. The van der Waals surface area contributed by atoms with E-state index in [1.54, 1.807) is 4.90 Å². The van der Waals surface area contributed by atoms with E-state index in [0.717, 1.165) is 17.7 Å². The molecule has 1 aliphatic heterocycles. The molecule has 0 saturated heterocycles. The zero-order valence-electron chi connectivity index (χ0n) is 10.1. The van der Waals surface area contributed by atoms with Gasteiger partial charge in [0.25, 0.3) is 11.5 Å². The van der Waals surface area contributed by atoms with Gasteiger partial charge in [-0.2, -0.15) is 0 Å². The van der Waals surface area contributed by atoms with E-state index in [-0.39, 0.29) is 17.4 Å². The Morgan fingerprint density at radius 3 is 2.84 bits per heavy atom. The number of carbonyl (C=O) groups is 1. The van der Waals surface area contributed by atoms with Crippen LogP contribution in [0, 0.1) is 0 Å². The summed E-state index contributed by atoms with van der Waals surface area (Å²) in [6.45, 7) is 0.589. The van der Waals surface area contributed by atoms with Crippen LogP contribution >= 0.6 is 0 Å². The highest BCUT2D eigenvalue weighted by Gasteiger charge is 2.25. The average molecular weight is 256 g/mol. The maximum absolute atomic E-state index is 12.4. The topological polar surface area (TPSA) is 73.4 Å². The van der Waals surface area contributed by atoms with E-state index in [1.165, 1.54) is 12.1 Å². The molecule has 5 nitrogen and oxygen atoms in total. The van der Waals surface area contributed by atoms with Gasteiger partial charge in [0.2, 0.25) is 0 Å². The van der Waals surface area contributed by atoms with Crippen LogP contribution in [0.2, 0.25) is 0 Å². The SMILES string of the molecule is O=C(c1cc(O)[nH]c(=O)c1)N1CCc2ccccc21. The molecule has 96 valence electrons. The number of H-pyrrole nitrogens is 1. The molecule has 1 aromatic carbocycles. The van der Waals surface area contributed by atoms with E-state index >= 15 is 0 Å². The molecule has 0 radical (unpaired) electrons. The fourth-order valence-corrected chi connectivity index (χ4v) is 2.36. The number of nitrogens with zero attached hydrogens (tertiary/aromatic N) is 1. The normalized spacial score (nSPS) is 13.4. The molecule has 1 aromatic heterocycles. The fourth-order valence-electron chi connectivity index (χ4n) is 2.36. The van der Waals surface area contributed by atoms with Gasteiger partial charge in [0.15, 0.2) is 5.88 Å².